The lowest BCUT2D eigenvalue weighted by atomic mass is 10.0. The van der Waals surface area contributed by atoms with Crippen molar-refractivity contribution in [2.75, 3.05) is 0 Å². The van der Waals surface area contributed by atoms with Crippen molar-refractivity contribution in [2.24, 2.45) is 5.73 Å². The minimum absolute atomic E-state index is 0.0377. The van der Waals surface area contributed by atoms with Crippen molar-refractivity contribution in [3.8, 4) is 0 Å². The van der Waals surface area contributed by atoms with Gasteiger partial charge in [0.2, 0.25) is 5.91 Å². The molecule has 1 aliphatic carbocycles. The Bertz CT molecular complexity index is 1110. The van der Waals surface area contributed by atoms with Gasteiger partial charge < -0.3 is 10.7 Å². The third-order valence-corrected chi connectivity index (χ3v) is 5.65. The summed E-state index contributed by atoms with van der Waals surface area (Å²) in [6.07, 6.45) is 4.18. The number of nitrogens with two attached hydrogens (primary N) is 1. The number of amides is 1. The summed E-state index contributed by atoms with van der Waals surface area (Å²) < 4.78 is 2.74. The van der Waals surface area contributed by atoms with Crippen molar-refractivity contribution < 1.29 is 4.79 Å². The SMILES string of the molecule is Cc1cc(C)c(CC2(n3ncc4c(C(N)=O)cc(Br)cc43)CC2)c(=O)[nH]1. The van der Waals surface area contributed by atoms with E-state index in [1.165, 1.54) is 0 Å². The van der Waals surface area contributed by atoms with Crippen LogP contribution in [-0.2, 0) is 12.0 Å². The van der Waals surface area contributed by atoms with Gasteiger partial charge in [0.25, 0.3) is 5.56 Å². The van der Waals surface area contributed by atoms with Crippen LogP contribution in [-0.4, -0.2) is 20.7 Å². The number of aromatic nitrogens is 3. The molecule has 2 heterocycles. The molecule has 3 N–H and O–H groups in total. The van der Waals surface area contributed by atoms with E-state index >= 15 is 0 Å². The number of nitrogens with zero attached hydrogens (tertiary/aromatic N) is 2. The standard InChI is InChI=1S/C19H19BrN4O2/c1-10-5-11(2)23-18(26)14(10)8-19(3-4-19)24-16-7-12(20)6-13(17(21)25)15(16)9-22-24/h5-7,9H,3-4,8H2,1-2H3,(H2,21,25)(H,23,26). The molecular formula is C19H19BrN4O2. The molecule has 0 saturated heterocycles. The highest BCUT2D eigenvalue weighted by atomic mass is 79.9. The fraction of sp³-hybridized carbons (Fsp3) is 0.316. The van der Waals surface area contributed by atoms with Gasteiger partial charge in [-0.15, -0.1) is 0 Å². The van der Waals surface area contributed by atoms with E-state index in [9.17, 15) is 9.59 Å². The molecule has 0 atom stereocenters. The molecule has 0 spiro atoms. The molecule has 1 aliphatic rings. The highest BCUT2D eigenvalue weighted by Gasteiger charge is 2.47. The molecule has 6 nitrogen and oxygen atoms in total. The summed E-state index contributed by atoms with van der Waals surface area (Å²) in [6.45, 7) is 3.85. The second-order valence-electron chi connectivity index (χ2n) is 7.15. The quantitative estimate of drug-likeness (QED) is 0.686. The zero-order chi connectivity index (χ0) is 18.6. The van der Waals surface area contributed by atoms with Gasteiger partial charge in [-0.3, -0.25) is 14.3 Å². The van der Waals surface area contributed by atoms with Crippen LogP contribution >= 0.6 is 15.9 Å². The molecule has 134 valence electrons. The Balaban J connectivity index is 1.83. The van der Waals surface area contributed by atoms with E-state index in [4.69, 9.17) is 5.73 Å². The number of hydrogen-bond donors (Lipinski definition) is 2. The minimum atomic E-state index is -0.480. The normalized spacial score (nSPS) is 15.3. The number of halogens is 1. The van der Waals surface area contributed by atoms with Gasteiger partial charge >= 0.3 is 0 Å². The number of rotatable bonds is 4. The van der Waals surface area contributed by atoms with Crippen LogP contribution in [0, 0.1) is 13.8 Å². The number of pyridine rings is 1. The lowest BCUT2D eigenvalue weighted by Crippen LogP contribution is -2.27. The van der Waals surface area contributed by atoms with Crippen molar-refractivity contribution >= 4 is 32.7 Å². The summed E-state index contributed by atoms with van der Waals surface area (Å²) in [4.78, 5) is 27.1. The second kappa shape index (κ2) is 5.81. The number of benzene rings is 1. The van der Waals surface area contributed by atoms with Crippen molar-refractivity contribution in [1.82, 2.24) is 14.8 Å². The Hall–Kier alpha value is -2.41. The minimum Gasteiger partial charge on any atom is -0.366 e. The van der Waals surface area contributed by atoms with E-state index in [0.29, 0.717) is 12.0 Å². The van der Waals surface area contributed by atoms with Gasteiger partial charge in [0.15, 0.2) is 0 Å². The van der Waals surface area contributed by atoms with Crippen LogP contribution in [0.15, 0.2) is 33.7 Å². The fourth-order valence-electron chi connectivity index (χ4n) is 3.71. The smallest absolute Gasteiger partial charge is 0.251 e. The van der Waals surface area contributed by atoms with Gasteiger partial charge in [-0.1, -0.05) is 15.9 Å². The van der Waals surface area contributed by atoms with Crippen molar-refractivity contribution in [1.29, 1.82) is 0 Å². The maximum absolute atomic E-state index is 12.4. The first-order valence-electron chi connectivity index (χ1n) is 8.48. The van der Waals surface area contributed by atoms with Gasteiger partial charge in [0.05, 0.1) is 22.8 Å². The summed E-state index contributed by atoms with van der Waals surface area (Å²) in [6, 6.07) is 5.65. The molecule has 4 rings (SSSR count). The average Bonchev–Trinajstić information content (AvgIpc) is 3.21. The predicted molar refractivity (Wildman–Crippen MR) is 103 cm³/mol. The maximum atomic E-state index is 12.4. The number of carbonyl (C=O) groups excluding carboxylic acids is 1. The first-order valence-corrected chi connectivity index (χ1v) is 9.27. The summed E-state index contributed by atoms with van der Waals surface area (Å²) in [7, 11) is 0. The summed E-state index contributed by atoms with van der Waals surface area (Å²) in [5.41, 5.74) is 9.20. The molecule has 3 aromatic rings. The number of fused-ring (bicyclic) bond motifs is 1. The first kappa shape index (κ1) is 17.0. The zero-order valence-corrected chi connectivity index (χ0v) is 16.2. The molecule has 0 unspecified atom stereocenters. The fourth-order valence-corrected chi connectivity index (χ4v) is 4.16. The molecule has 0 radical (unpaired) electrons. The third-order valence-electron chi connectivity index (χ3n) is 5.20. The number of nitrogens with one attached hydrogen (secondary N) is 1. The maximum Gasteiger partial charge on any atom is 0.251 e. The third kappa shape index (κ3) is 2.67. The predicted octanol–water partition coefficient (Wildman–Crippen LogP) is 2.93. The van der Waals surface area contributed by atoms with E-state index in [1.807, 2.05) is 30.7 Å². The van der Waals surface area contributed by atoms with Gasteiger partial charge in [0.1, 0.15) is 0 Å². The van der Waals surface area contributed by atoms with E-state index in [2.05, 4.69) is 26.0 Å². The van der Waals surface area contributed by atoms with Crippen LogP contribution in [0.2, 0.25) is 0 Å². The van der Waals surface area contributed by atoms with Crippen LogP contribution < -0.4 is 11.3 Å². The Labute approximate surface area is 158 Å². The number of carbonyl (C=O) groups is 1. The van der Waals surface area contributed by atoms with E-state index < -0.39 is 5.91 Å². The van der Waals surface area contributed by atoms with E-state index in [0.717, 1.165) is 45.0 Å². The van der Waals surface area contributed by atoms with Gasteiger partial charge in [-0.2, -0.15) is 5.10 Å². The molecule has 7 heteroatoms. The number of H-pyrrole nitrogens is 1. The summed E-state index contributed by atoms with van der Waals surface area (Å²) in [5, 5.41) is 5.30. The van der Waals surface area contributed by atoms with Crippen molar-refractivity contribution in [3.63, 3.8) is 0 Å². The van der Waals surface area contributed by atoms with Crippen LogP contribution in [0.25, 0.3) is 10.9 Å². The first-order chi connectivity index (χ1) is 12.3. The molecular weight excluding hydrogens is 396 g/mol. The van der Waals surface area contributed by atoms with Crippen molar-refractivity contribution in [2.45, 2.75) is 38.6 Å². The molecule has 1 amide bonds. The van der Waals surface area contributed by atoms with Gasteiger partial charge in [-0.05, 0) is 50.5 Å². The molecule has 26 heavy (non-hydrogen) atoms. The molecule has 1 saturated carbocycles. The van der Waals surface area contributed by atoms with Gasteiger partial charge in [0, 0.05) is 27.5 Å². The Kier molecular flexibility index (Phi) is 3.80. The Morgan fingerprint density at radius 3 is 2.69 bits per heavy atom. The number of aryl methyl sites for hydroxylation is 2. The number of aromatic amines is 1. The highest BCUT2D eigenvalue weighted by Crippen LogP contribution is 2.47. The van der Waals surface area contributed by atoms with E-state index in [-0.39, 0.29) is 11.1 Å². The highest BCUT2D eigenvalue weighted by molar-refractivity contribution is 9.10. The van der Waals surface area contributed by atoms with E-state index in [1.54, 1.807) is 12.3 Å². The summed E-state index contributed by atoms with van der Waals surface area (Å²) in [5.74, 6) is -0.480. The second-order valence-corrected chi connectivity index (χ2v) is 8.07. The summed E-state index contributed by atoms with van der Waals surface area (Å²) >= 11 is 3.45. The lowest BCUT2D eigenvalue weighted by molar-refractivity contribution is 0.100. The van der Waals surface area contributed by atoms with Gasteiger partial charge in [-0.25, -0.2) is 0 Å². The number of primary amides is 1. The van der Waals surface area contributed by atoms with Crippen LogP contribution in [0.3, 0.4) is 0 Å². The van der Waals surface area contributed by atoms with Crippen LogP contribution in [0.1, 0.15) is 40.0 Å². The Morgan fingerprint density at radius 2 is 2.08 bits per heavy atom. The lowest BCUT2D eigenvalue weighted by Gasteiger charge is -2.19. The van der Waals surface area contributed by atoms with Crippen LogP contribution in [0.4, 0.5) is 0 Å². The number of hydrogen-bond acceptors (Lipinski definition) is 3. The van der Waals surface area contributed by atoms with Crippen LogP contribution in [0.5, 0.6) is 0 Å². The zero-order valence-electron chi connectivity index (χ0n) is 14.6. The monoisotopic (exact) mass is 414 g/mol. The Morgan fingerprint density at radius 1 is 1.35 bits per heavy atom. The largest absolute Gasteiger partial charge is 0.366 e. The molecule has 2 aromatic heterocycles. The molecule has 0 aliphatic heterocycles. The topological polar surface area (TPSA) is 93.8 Å². The molecule has 1 fully saturated rings. The molecule has 1 aromatic carbocycles. The molecule has 0 bridgehead atoms. The van der Waals surface area contributed by atoms with Crippen molar-refractivity contribution in [3.05, 3.63) is 61.6 Å². The average molecular weight is 415 g/mol.